The number of halogens is 1. The molecule has 2 rings (SSSR count). The van der Waals surface area contributed by atoms with Crippen LogP contribution in [0.1, 0.15) is 22.5 Å². The highest BCUT2D eigenvalue weighted by Crippen LogP contribution is 2.16. The second kappa shape index (κ2) is 5.00. The summed E-state index contributed by atoms with van der Waals surface area (Å²) in [5.41, 5.74) is 7.18. The van der Waals surface area contributed by atoms with Crippen LogP contribution in [0.15, 0.2) is 30.5 Å². The molecule has 1 aromatic heterocycles. The van der Waals surface area contributed by atoms with Gasteiger partial charge in [0.1, 0.15) is 5.82 Å². The van der Waals surface area contributed by atoms with Gasteiger partial charge in [-0.05, 0) is 30.7 Å². The van der Waals surface area contributed by atoms with Crippen LogP contribution in [-0.4, -0.2) is 15.6 Å². The lowest BCUT2D eigenvalue weighted by Gasteiger charge is -2.05. The Bertz CT molecular complexity index is 577. The summed E-state index contributed by atoms with van der Waals surface area (Å²) in [7, 11) is 1.82. The fraction of sp³-hybridized carbons (Fsp3) is 0.231. The molecule has 0 unspecified atom stereocenters. The predicted molar refractivity (Wildman–Crippen MR) is 66.7 cm³/mol. The average molecular weight is 247 g/mol. The Hall–Kier alpha value is -2.17. The molecule has 0 spiro atoms. The van der Waals surface area contributed by atoms with Gasteiger partial charge < -0.3 is 5.73 Å². The molecule has 0 aliphatic rings. The van der Waals surface area contributed by atoms with E-state index in [9.17, 15) is 9.18 Å². The molecule has 0 atom stereocenters. The zero-order valence-electron chi connectivity index (χ0n) is 10.1. The van der Waals surface area contributed by atoms with Crippen LogP contribution in [0, 0.1) is 5.82 Å². The predicted octanol–water partition coefficient (Wildman–Crippen LogP) is 1.96. The number of Topliss-reactive ketones (excluding diaryl/α,β-unsaturated/α-hetero) is 1. The second-order valence-corrected chi connectivity index (χ2v) is 4.10. The fourth-order valence-corrected chi connectivity index (χ4v) is 1.79. The van der Waals surface area contributed by atoms with Gasteiger partial charge in [0.2, 0.25) is 0 Å². The van der Waals surface area contributed by atoms with Crippen molar-refractivity contribution in [2.75, 3.05) is 5.73 Å². The molecule has 0 radical (unpaired) electrons. The van der Waals surface area contributed by atoms with Gasteiger partial charge in [0.05, 0.1) is 0 Å². The minimum absolute atomic E-state index is 0.159. The summed E-state index contributed by atoms with van der Waals surface area (Å²) in [5.74, 6) is -0.610. The monoisotopic (exact) mass is 247 g/mol. The van der Waals surface area contributed by atoms with Gasteiger partial charge in [-0.3, -0.25) is 9.48 Å². The van der Waals surface area contributed by atoms with Crippen LogP contribution in [0.3, 0.4) is 0 Å². The smallest absolute Gasteiger partial charge is 0.165 e. The van der Waals surface area contributed by atoms with Crippen LogP contribution in [0.25, 0.3) is 0 Å². The first-order valence-electron chi connectivity index (χ1n) is 5.63. The molecule has 0 amide bonds. The van der Waals surface area contributed by atoms with Crippen LogP contribution in [0.2, 0.25) is 0 Å². The normalized spacial score (nSPS) is 10.6. The molecule has 1 heterocycles. The minimum Gasteiger partial charge on any atom is -0.398 e. The number of hydrogen-bond donors (Lipinski definition) is 1. The van der Waals surface area contributed by atoms with Crippen molar-refractivity contribution in [2.45, 2.75) is 12.8 Å². The largest absolute Gasteiger partial charge is 0.398 e. The Kier molecular flexibility index (Phi) is 3.41. The Morgan fingerprint density at radius 3 is 2.89 bits per heavy atom. The highest BCUT2D eigenvalue weighted by Gasteiger charge is 2.11. The highest BCUT2D eigenvalue weighted by atomic mass is 19.1. The molecule has 0 aliphatic heterocycles. The maximum absolute atomic E-state index is 13.1. The number of aryl methyl sites for hydroxylation is 2. The lowest BCUT2D eigenvalue weighted by atomic mass is 10.0. The number of nitrogens with zero attached hydrogens (tertiary/aromatic N) is 2. The van der Waals surface area contributed by atoms with Gasteiger partial charge in [0, 0.05) is 36.6 Å². The molecular formula is C13H14FN3O. The molecule has 18 heavy (non-hydrogen) atoms. The van der Waals surface area contributed by atoms with Crippen LogP contribution in [0.5, 0.6) is 0 Å². The van der Waals surface area contributed by atoms with Gasteiger partial charge in [-0.15, -0.1) is 0 Å². The van der Waals surface area contributed by atoms with E-state index >= 15 is 0 Å². The lowest BCUT2D eigenvalue weighted by molar-refractivity contribution is 0.0982. The van der Waals surface area contributed by atoms with E-state index < -0.39 is 5.82 Å². The Morgan fingerprint density at radius 1 is 1.44 bits per heavy atom. The first-order valence-corrected chi connectivity index (χ1v) is 5.63. The van der Waals surface area contributed by atoms with E-state index in [0.717, 1.165) is 5.69 Å². The molecule has 0 aliphatic carbocycles. The van der Waals surface area contributed by atoms with Gasteiger partial charge in [0.15, 0.2) is 5.78 Å². The Balaban J connectivity index is 2.08. The number of hydrogen-bond acceptors (Lipinski definition) is 3. The van der Waals surface area contributed by atoms with Crippen molar-refractivity contribution in [3.05, 3.63) is 47.5 Å². The zero-order chi connectivity index (χ0) is 13.1. The number of rotatable bonds is 4. The fourth-order valence-electron chi connectivity index (χ4n) is 1.79. The highest BCUT2D eigenvalue weighted by molar-refractivity contribution is 6.00. The molecule has 1 aromatic carbocycles. The van der Waals surface area contributed by atoms with Crippen molar-refractivity contribution < 1.29 is 9.18 Å². The summed E-state index contributed by atoms with van der Waals surface area (Å²) < 4.78 is 14.8. The number of nitrogen functional groups attached to an aromatic ring is 1. The third-order valence-electron chi connectivity index (χ3n) is 2.85. The molecule has 2 N–H and O–H groups in total. The number of nitrogens with two attached hydrogens (primary N) is 1. The minimum atomic E-state index is -0.451. The number of ketones is 1. The van der Waals surface area contributed by atoms with Gasteiger partial charge in [-0.2, -0.15) is 5.10 Å². The lowest BCUT2D eigenvalue weighted by Crippen LogP contribution is -2.07. The molecule has 0 fully saturated rings. The van der Waals surface area contributed by atoms with E-state index in [-0.39, 0.29) is 17.8 Å². The van der Waals surface area contributed by atoms with E-state index in [4.69, 9.17) is 5.73 Å². The summed E-state index contributed by atoms with van der Waals surface area (Å²) in [5, 5.41) is 4.02. The average Bonchev–Trinajstić information content (AvgIpc) is 2.75. The summed E-state index contributed by atoms with van der Waals surface area (Å²) in [6.45, 7) is 0. The van der Waals surface area contributed by atoms with Crippen LogP contribution >= 0.6 is 0 Å². The first kappa shape index (κ1) is 12.3. The zero-order valence-corrected chi connectivity index (χ0v) is 10.1. The van der Waals surface area contributed by atoms with E-state index in [2.05, 4.69) is 5.10 Å². The summed E-state index contributed by atoms with van der Waals surface area (Å²) >= 11 is 0. The van der Waals surface area contributed by atoms with Crippen molar-refractivity contribution in [2.24, 2.45) is 7.05 Å². The topological polar surface area (TPSA) is 60.9 Å². The second-order valence-electron chi connectivity index (χ2n) is 4.10. The number of benzene rings is 1. The number of anilines is 1. The summed E-state index contributed by atoms with van der Waals surface area (Å²) in [4.78, 5) is 11.9. The van der Waals surface area contributed by atoms with Crippen molar-refractivity contribution in [1.29, 1.82) is 0 Å². The number of carbonyl (C=O) groups excluding carboxylic acids is 1. The van der Waals surface area contributed by atoms with E-state index in [1.807, 2.05) is 13.1 Å². The maximum Gasteiger partial charge on any atom is 0.165 e. The molecule has 0 bridgehead atoms. The molecule has 4 nitrogen and oxygen atoms in total. The summed E-state index contributed by atoms with van der Waals surface area (Å²) in [6.07, 6.45) is 2.52. The first-order chi connectivity index (χ1) is 8.58. The Labute approximate surface area is 104 Å². The van der Waals surface area contributed by atoms with Crippen LogP contribution < -0.4 is 5.73 Å². The van der Waals surface area contributed by atoms with Gasteiger partial charge >= 0.3 is 0 Å². The van der Waals surface area contributed by atoms with Gasteiger partial charge in [-0.1, -0.05) is 0 Å². The van der Waals surface area contributed by atoms with E-state index in [0.29, 0.717) is 12.1 Å². The Morgan fingerprint density at radius 2 is 2.22 bits per heavy atom. The van der Waals surface area contributed by atoms with Gasteiger partial charge in [0.25, 0.3) is 0 Å². The number of aromatic nitrogens is 2. The third-order valence-corrected chi connectivity index (χ3v) is 2.85. The van der Waals surface area contributed by atoms with E-state index in [1.165, 1.54) is 18.2 Å². The van der Waals surface area contributed by atoms with Crippen molar-refractivity contribution in [3.8, 4) is 0 Å². The maximum atomic E-state index is 13.1. The summed E-state index contributed by atoms with van der Waals surface area (Å²) in [6, 6.07) is 5.68. The quantitative estimate of drug-likeness (QED) is 0.663. The van der Waals surface area contributed by atoms with Crippen LogP contribution in [0.4, 0.5) is 10.1 Å². The molecule has 2 aromatic rings. The van der Waals surface area contributed by atoms with Crippen LogP contribution in [-0.2, 0) is 13.5 Å². The van der Waals surface area contributed by atoms with E-state index in [1.54, 1.807) is 10.9 Å². The number of carbonyl (C=O) groups is 1. The molecule has 5 heteroatoms. The third kappa shape index (κ3) is 2.56. The van der Waals surface area contributed by atoms with Crippen molar-refractivity contribution in [1.82, 2.24) is 9.78 Å². The molecular weight excluding hydrogens is 233 g/mol. The van der Waals surface area contributed by atoms with Crippen molar-refractivity contribution >= 4 is 11.5 Å². The molecule has 94 valence electrons. The molecule has 0 saturated heterocycles. The van der Waals surface area contributed by atoms with Crippen molar-refractivity contribution in [3.63, 3.8) is 0 Å². The molecule has 0 saturated carbocycles. The van der Waals surface area contributed by atoms with Gasteiger partial charge in [-0.25, -0.2) is 4.39 Å². The standard InChI is InChI=1S/C13H14FN3O/c1-17-10(6-7-16-17)3-5-13(18)11-8-9(14)2-4-12(11)15/h2,4,6-8H,3,5,15H2,1H3. The SMILES string of the molecule is Cn1nccc1CCC(=O)c1cc(F)ccc1N.